The van der Waals surface area contributed by atoms with Crippen molar-refractivity contribution in [1.82, 2.24) is 39.1 Å². The van der Waals surface area contributed by atoms with E-state index < -0.39 is 0 Å². The first-order valence-corrected chi connectivity index (χ1v) is 12.3. The summed E-state index contributed by atoms with van der Waals surface area (Å²) in [5.41, 5.74) is 3.18. The molecular formula is C26H22ClN9O2S. The number of nitrogens with zero attached hydrogens (tertiary/aromatic N) is 8. The molecule has 1 atom stereocenters. The lowest BCUT2D eigenvalue weighted by atomic mass is 10.00. The van der Waals surface area contributed by atoms with Crippen molar-refractivity contribution in [3.8, 4) is 22.8 Å². The topological polar surface area (TPSA) is 119 Å². The molecule has 1 aromatic carbocycles. The van der Waals surface area contributed by atoms with Gasteiger partial charge in [-0.3, -0.25) is 9.36 Å². The van der Waals surface area contributed by atoms with Gasteiger partial charge in [-0.05, 0) is 24.6 Å². The van der Waals surface area contributed by atoms with E-state index in [2.05, 4.69) is 29.8 Å². The zero-order chi connectivity index (χ0) is 25.8. The number of anilines is 1. The van der Waals surface area contributed by atoms with E-state index in [0.717, 1.165) is 41.0 Å². The third-order valence-corrected chi connectivity index (χ3v) is 7.14. The quantitative estimate of drug-likeness (QED) is 0.337. The molecule has 6 heterocycles. The van der Waals surface area contributed by atoms with Crippen molar-refractivity contribution in [2.24, 2.45) is 0 Å². The molecule has 1 aliphatic rings. The first-order valence-electron chi connectivity index (χ1n) is 11.9. The van der Waals surface area contributed by atoms with Crippen molar-refractivity contribution in [3.63, 3.8) is 0 Å². The molecule has 0 amide bonds. The first-order chi connectivity index (χ1) is 18.6. The maximum absolute atomic E-state index is 13.7. The highest BCUT2D eigenvalue weighted by atomic mass is 35.5. The predicted octanol–water partition coefficient (Wildman–Crippen LogP) is 3.94. The minimum absolute atomic E-state index is 0. The Morgan fingerprint density at radius 3 is 2.59 bits per heavy atom. The molecule has 196 valence electrons. The molecule has 0 spiro atoms. The van der Waals surface area contributed by atoms with Crippen LogP contribution in [0.3, 0.4) is 0 Å². The SMILES string of the molecule is COc1ncc(-c2c[nH]c3ncnc(N4CC[C@H]4c4nn5ccc(Cl)c5c(=O)n4-c4ccccc4)c23)cn1.S. The number of nitrogens with one attached hydrogen (secondary N) is 1. The molecule has 7 rings (SSSR count). The van der Waals surface area contributed by atoms with Gasteiger partial charge in [-0.1, -0.05) is 29.8 Å². The minimum atomic E-state index is -0.228. The normalized spacial score (nSPS) is 14.8. The van der Waals surface area contributed by atoms with Crippen LogP contribution in [0.15, 0.2) is 72.3 Å². The zero-order valence-electron chi connectivity index (χ0n) is 20.6. The summed E-state index contributed by atoms with van der Waals surface area (Å²) in [4.78, 5) is 36.7. The Morgan fingerprint density at radius 1 is 1.08 bits per heavy atom. The Balaban J connectivity index is 0.00000277. The van der Waals surface area contributed by atoms with Gasteiger partial charge in [0.2, 0.25) is 0 Å². The van der Waals surface area contributed by atoms with E-state index in [1.54, 1.807) is 33.7 Å². The molecule has 6 aromatic rings. The number of aromatic amines is 1. The summed E-state index contributed by atoms with van der Waals surface area (Å²) in [5, 5.41) is 6.07. The van der Waals surface area contributed by atoms with Crippen LogP contribution >= 0.6 is 25.1 Å². The average molecular weight is 560 g/mol. The number of aromatic nitrogens is 8. The van der Waals surface area contributed by atoms with E-state index in [-0.39, 0.29) is 25.1 Å². The molecule has 0 radical (unpaired) electrons. The molecule has 0 saturated carbocycles. The number of ether oxygens (including phenoxy) is 1. The van der Waals surface area contributed by atoms with Crippen molar-refractivity contribution in [2.75, 3.05) is 18.6 Å². The van der Waals surface area contributed by atoms with Crippen LogP contribution in [0.2, 0.25) is 5.02 Å². The second kappa shape index (κ2) is 9.71. The van der Waals surface area contributed by atoms with E-state index in [4.69, 9.17) is 21.4 Å². The average Bonchev–Trinajstić information content (AvgIpc) is 3.53. The standard InChI is InChI=1S/C26H20ClN9O2.H2S/c1-38-26-29-11-15(12-30-26)17-13-28-22-20(17)24(32-14-31-22)34-9-8-19(34)23-33-35-10-7-18(27)21(35)25(37)36(23)16-5-3-2-4-6-16;/h2-7,10-14,19H,8-9H2,1H3,(H,28,31,32);1H2/t19-;/m0./s1. The van der Waals surface area contributed by atoms with E-state index in [9.17, 15) is 4.79 Å². The van der Waals surface area contributed by atoms with Crippen molar-refractivity contribution in [1.29, 1.82) is 0 Å². The van der Waals surface area contributed by atoms with Gasteiger partial charge in [0.1, 0.15) is 23.3 Å². The monoisotopic (exact) mass is 559 g/mol. The zero-order valence-corrected chi connectivity index (χ0v) is 22.4. The summed E-state index contributed by atoms with van der Waals surface area (Å²) >= 11 is 6.37. The number of halogens is 1. The molecule has 5 aromatic heterocycles. The Labute approximate surface area is 233 Å². The molecule has 1 aliphatic heterocycles. The number of hydrogen-bond acceptors (Lipinski definition) is 8. The maximum Gasteiger partial charge on any atom is 0.316 e. The lowest BCUT2D eigenvalue weighted by Gasteiger charge is -2.42. The fraction of sp³-hybridized carbons (Fsp3) is 0.154. The van der Waals surface area contributed by atoms with Crippen LogP contribution in [0.5, 0.6) is 6.01 Å². The highest BCUT2D eigenvalue weighted by Crippen LogP contribution is 2.42. The molecule has 1 saturated heterocycles. The second-order valence-corrected chi connectivity index (χ2v) is 9.28. The summed E-state index contributed by atoms with van der Waals surface area (Å²) < 4.78 is 8.31. The third kappa shape index (κ3) is 3.91. The molecule has 11 nitrogen and oxygen atoms in total. The number of methoxy groups -OCH3 is 1. The van der Waals surface area contributed by atoms with Crippen molar-refractivity contribution in [3.05, 3.63) is 88.7 Å². The molecule has 13 heteroatoms. The first kappa shape index (κ1) is 24.9. The van der Waals surface area contributed by atoms with Crippen LogP contribution < -0.4 is 15.2 Å². The number of hydrogen-bond donors (Lipinski definition) is 1. The van der Waals surface area contributed by atoms with Crippen LogP contribution in [0, 0.1) is 0 Å². The number of fused-ring (bicyclic) bond motifs is 2. The van der Waals surface area contributed by atoms with E-state index in [0.29, 0.717) is 28.0 Å². The van der Waals surface area contributed by atoms with Gasteiger partial charge in [0, 0.05) is 42.5 Å². The lowest BCUT2D eigenvalue weighted by molar-refractivity contribution is 0.380. The largest absolute Gasteiger partial charge is 0.467 e. The molecule has 1 fully saturated rings. The smallest absolute Gasteiger partial charge is 0.316 e. The van der Waals surface area contributed by atoms with Crippen LogP contribution in [-0.4, -0.2) is 52.8 Å². The van der Waals surface area contributed by atoms with Gasteiger partial charge < -0.3 is 14.6 Å². The highest BCUT2D eigenvalue weighted by Gasteiger charge is 2.37. The molecule has 0 aliphatic carbocycles. The third-order valence-electron chi connectivity index (χ3n) is 6.84. The van der Waals surface area contributed by atoms with Crippen molar-refractivity contribution < 1.29 is 4.74 Å². The van der Waals surface area contributed by atoms with Gasteiger partial charge in [-0.25, -0.2) is 24.5 Å². The Kier molecular flexibility index (Phi) is 6.20. The summed E-state index contributed by atoms with van der Waals surface area (Å²) in [6.07, 6.45) is 9.31. The second-order valence-electron chi connectivity index (χ2n) is 8.87. The van der Waals surface area contributed by atoms with Crippen molar-refractivity contribution >= 4 is 47.5 Å². The summed E-state index contributed by atoms with van der Waals surface area (Å²) in [6.45, 7) is 0.732. The van der Waals surface area contributed by atoms with Gasteiger partial charge in [0.15, 0.2) is 5.82 Å². The summed E-state index contributed by atoms with van der Waals surface area (Å²) in [7, 11) is 1.53. The summed E-state index contributed by atoms with van der Waals surface area (Å²) in [5.74, 6) is 1.33. The fourth-order valence-corrected chi connectivity index (χ4v) is 5.18. The van der Waals surface area contributed by atoms with Gasteiger partial charge in [-0.15, -0.1) is 0 Å². The van der Waals surface area contributed by atoms with Crippen LogP contribution in [-0.2, 0) is 0 Å². The van der Waals surface area contributed by atoms with Crippen LogP contribution in [0.1, 0.15) is 18.3 Å². The van der Waals surface area contributed by atoms with Gasteiger partial charge in [-0.2, -0.15) is 18.6 Å². The Bertz CT molecular complexity index is 1870. The number of H-pyrrole nitrogens is 1. The number of rotatable bonds is 5. The maximum atomic E-state index is 13.7. The van der Waals surface area contributed by atoms with Gasteiger partial charge >= 0.3 is 6.01 Å². The Hall–Kier alpha value is -4.42. The lowest BCUT2D eigenvalue weighted by Crippen LogP contribution is -2.45. The molecule has 0 bridgehead atoms. The summed E-state index contributed by atoms with van der Waals surface area (Å²) in [6, 6.07) is 11.2. The number of benzene rings is 1. The van der Waals surface area contributed by atoms with Crippen molar-refractivity contribution in [2.45, 2.75) is 12.5 Å². The van der Waals surface area contributed by atoms with Crippen LogP contribution in [0.25, 0.3) is 33.4 Å². The minimum Gasteiger partial charge on any atom is -0.467 e. The highest BCUT2D eigenvalue weighted by molar-refractivity contribution is 7.59. The molecule has 39 heavy (non-hydrogen) atoms. The fourth-order valence-electron chi connectivity index (χ4n) is 4.95. The van der Waals surface area contributed by atoms with E-state index in [1.165, 1.54) is 13.4 Å². The molecular weight excluding hydrogens is 538 g/mol. The Morgan fingerprint density at radius 2 is 1.87 bits per heavy atom. The van der Waals surface area contributed by atoms with E-state index >= 15 is 0 Å². The molecule has 0 unspecified atom stereocenters. The predicted molar refractivity (Wildman–Crippen MR) is 152 cm³/mol. The van der Waals surface area contributed by atoms with Gasteiger partial charge in [0.25, 0.3) is 5.56 Å². The van der Waals surface area contributed by atoms with E-state index in [1.807, 2.05) is 36.5 Å². The number of para-hydroxylation sites is 1. The van der Waals surface area contributed by atoms with Gasteiger partial charge in [0.05, 0.1) is 29.2 Å². The van der Waals surface area contributed by atoms with Crippen LogP contribution in [0.4, 0.5) is 5.82 Å². The molecule has 1 N–H and O–H groups in total.